The highest BCUT2D eigenvalue weighted by molar-refractivity contribution is 9.10. The summed E-state index contributed by atoms with van der Waals surface area (Å²) < 4.78 is 9.28. The molecule has 0 spiro atoms. The summed E-state index contributed by atoms with van der Waals surface area (Å²) >= 11 is 4.87. The summed E-state index contributed by atoms with van der Waals surface area (Å²) in [6.07, 6.45) is 3.44. The zero-order chi connectivity index (χ0) is 27.4. The lowest BCUT2D eigenvalue weighted by Gasteiger charge is -2.30. The highest BCUT2D eigenvalue weighted by atomic mass is 79.9. The predicted octanol–water partition coefficient (Wildman–Crippen LogP) is 6.25. The molecule has 0 amide bonds. The summed E-state index contributed by atoms with van der Waals surface area (Å²) in [4.78, 5) is 30.4. The van der Waals surface area contributed by atoms with Crippen LogP contribution < -0.4 is 14.9 Å². The molecule has 1 atom stereocenters. The van der Waals surface area contributed by atoms with Gasteiger partial charge in [0.25, 0.3) is 11.2 Å². The minimum Gasteiger partial charge on any atom is -0.457 e. The number of furan rings is 1. The number of non-ortho nitro benzene ring substituents is 1. The van der Waals surface area contributed by atoms with Crippen molar-refractivity contribution in [3.8, 4) is 11.3 Å². The van der Waals surface area contributed by atoms with Gasteiger partial charge in [0.15, 0.2) is 4.80 Å². The number of thiazole rings is 1. The maximum Gasteiger partial charge on any atom is 0.271 e. The molecule has 40 heavy (non-hydrogen) atoms. The van der Waals surface area contributed by atoms with Crippen molar-refractivity contribution >= 4 is 44.7 Å². The number of nitro groups is 1. The van der Waals surface area contributed by atoms with Crippen LogP contribution in [0, 0.1) is 10.1 Å². The number of nitro benzene ring substituents is 1. The zero-order valence-electron chi connectivity index (χ0n) is 20.9. The number of allylic oxidation sites excluding steroid dienone is 1. The normalized spacial score (nSPS) is 16.2. The van der Waals surface area contributed by atoms with Crippen LogP contribution in [0.3, 0.4) is 0 Å². The van der Waals surface area contributed by atoms with Gasteiger partial charge in [0.05, 0.1) is 21.2 Å². The molecule has 0 fully saturated rings. The second kappa shape index (κ2) is 9.69. The van der Waals surface area contributed by atoms with Crippen molar-refractivity contribution in [1.82, 2.24) is 4.57 Å². The Kier molecular flexibility index (Phi) is 5.98. The van der Waals surface area contributed by atoms with Gasteiger partial charge in [0, 0.05) is 33.8 Å². The van der Waals surface area contributed by atoms with Crippen molar-refractivity contribution < 1.29 is 9.34 Å². The van der Waals surface area contributed by atoms with Gasteiger partial charge in [0.2, 0.25) is 0 Å². The van der Waals surface area contributed by atoms with Gasteiger partial charge in [-0.3, -0.25) is 19.5 Å². The Bertz CT molecular complexity index is 2040. The molecule has 3 heterocycles. The van der Waals surface area contributed by atoms with Crippen LogP contribution in [-0.2, 0) is 6.42 Å². The van der Waals surface area contributed by atoms with Gasteiger partial charge in [-0.2, -0.15) is 0 Å². The van der Waals surface area contributed by atoms with Gasteiger partial charge in [-0.15, -0.1) is 0 Å². The Morgan fingerprint density at radius 1 is 1.02 bits per heavy atom. The fraction of sp³-hybridized carbons (Fsp3) is 0.0968. The van der Waals surface area contributed by atoms with Crippen LogP contribution in [0.2, 0.25) is 0 Å². The summed E-state index contributed by atoms with van der Waals surface area (Å²) in [6.45, 7) is 0. The molecule has 0 radical (unpaired) electrons. The Balaban J connectivity index is 1.37. The number of aromatic nitrogens is 1. The van der Waals surface area contributed by atoms with E-state index in [0.29, 0.717) is 26.4 Å². The maximum atomic E-state index is 13.9. The molecule has 9 heteroatoms. The molecule has 1 aliphatic heterocycles. The third-order valence-corrected chi connectivity index (χ3v) is 8.81. The first-order valence-corrected chi connectivity index (χ1v) is 14.3. The summed E-state index contributed by atoms with van der Waals surface area (Å²) in [5.74, 6) is 0.976. The van der Waals surface area contributed by atoms with Crippen LogP contribution in [0.15, 0.2) is 109 Å². The minimum atomic E-state index is -0.437. The van der Waals surface area contributed by atoms with Gasteiger partial charge in [-0.05, 0) is 53.8 Å². The summed E-state index contributed by atoms with van der Waals surface area (Å²) in [5.41, 5.74) is 5.97. The van der Waals surface area contributed by atoms with E-state index in [9.17, 15) is 14.9 Å². The quantitative estimate of drug-likeness (QED) is 0.178. The smallest absolute Gasteiger partial charge is 0.271 e. The fourth-order valence-electron chi connectivity index (χ4n) is 5.45. The molecule has 0 N–H and O–H groups in total. The summed E-state index contributed by atoms with van der Waals surface area (Å²) in [6, 6.07) is 26.0. The molecule has 5 aromatic rings. The Morgan fingerprint density at radius 3 is 2.67 bits per heavy atom. The molecule has 3 aromatic carbocycles. The van der Waals surface area contributed by atoms with Crippen molar-refractivity contribution in [3.05, 3.63) is 147 Å². The van der Waals surface area contributed by atoms with Crippen molar-refractivity contribution in [2.75, 3.05) is 0 Å². The molecule has 2 aromatic heterocycles. The molecule has 7 rings (SSSR count). The van der Waals surface area contributed by atoms with E-state index in [2.05, 4.69) is 46.3 Å². The molecule has 0 unspecified atom stereocenters. The first-order valence-electron chi connectivity index (χ1n) is 12.7. The van der Waals surface area contributed by atoms with Gasteiger partial charge < -0.3 is 4.42 Å². The first kappa shape index (κ1) is 24.7. The van der Waals surface area contributed by atoms with Crippen LogP contribution in [0.25, 0.3) is 23.1 Å². The molecule has 1 aliphatic carbocycles. The van der Waals surface area contributed by atoms with Gasteiger partial charge >= 0.3 is 0 Å². The van der Waals surface area contributed by atoms with Gasteiger partial charge in [0.1, 0.15) is 11.5 Å². The van der Waals surface area contributed by atoms with E-state index >= 15 is 0 Å². The van der Waals surface area contributed by atoms with Crippen molar-refractivity contribution in [2.24, 2.45) is 4.99 Å². The lowest BCUT2D eigenvalue weighted by atomic mass is 9.83. The average molecular weight is 610 g/mol. The van der Waals surface area contributed by atoms with Crippen LogP contribution in [-0.4, -0.2) is 9.49 Å². The molecule has 196 valence electrons. The monoisotopic (exact) mass is 609 g/mol. The number of hydrogen-bond donors (Lipinski definition) is 0. The molecular formula is C31H20BrN3O4S. The number of nitrogens with zero attached hydrogens (tertiary/aromatic N) is 3. The van der Waals surface area contributed by atoms with Crippen LogP contribution in [0.4, 0.5) is 5.69 Å². The summed E-state index contributed by atoms with van der Waals surface area (Å²) in [7, 11) is 0. The van der Waals surface area contributed by atoms with E-state index in [0.717, 1.165) is 39.7 Å². The molecule has 0 bridgehead atoms. The number of halogens is 1. The Morgan fingerprint density at radius 2 is 1.85 bits per heavy atom. The van der Waals surface area contributed by atoms with Crippen molar-refractivity contribution in [2.45, 2.75) is 18.9 Å². The maximum absolute atomic E-state index is 13.9. The molecule has 0 saturated heterocycles. The van der Waals surface area contributed by atoms with Crippen LogP contribution >= 0.6 is 27.3 Å². The average Bonchev–Trinajstić information content (AvgIpc) is 3.57. The highest BCUT2D eigenvalue weighted by Gasteiger charge is 2.32. The first-order chi connectivity index (χ1) is 19.5. The Labute approximate surface area is 240 Å². The third-order valence-electron chi connectivity index (χ3n) is 7.30. The topological polar surface area (TPSA) is 90.6 Å². The standard InChI is InChI=1S/C31H20BrN3O4S/c32-21-11-8-19(9-12-21)29-25-14-10-18-4-1-2-7-24(18)28(25)33-31-34(29)30(36)27(40-31)17-23-13-15-26(39-23)20-5-3-6-22(16-20)35(37)38/h1-9,11-13,15-17,29H,10,14H2/b27-17+/t29-/m0/s1. The van der Waals surface area contributed by atoms with E-state index < -0.39 is 4.92 Å². The predicted molar refractivity (Wildman–Crippen MR) is 158 cm³/mol. The van der Waals surface area contributed by atoms with Crippen molar-refractivity contribution in [1.29, 1.82) is 0 Å². The van der Waals surface area contributed by atoms with E-state index in [-0.39, 0.29) is 17.3 Å². The van der Waals surface area contributed by atoms with E-state index in [1.165, 1.54) is 29.0 Å². The minimum absolute atomic E-state index is 0.0118. The number of benzene rings is 3. The molecular weight excluding hydrogens is 590 g/mol. The molecule has 2 aliphatic rings. The zero-order valence-corrected chi connectivity index (χ0v) is 23.3. The largest absolute Gasteiger partial charge is 0.457 e. The van der Waals surface area contributed by atoms with Crippen LogP contribution in [0.1, 0.15) is 34.9 Å². The number of aryl methyl sites for hydroxylation is 1. The van der Waals surface area contributed by atoms with Crippen LogP contribution in [0.5, 0.6) is 0 Å². The number of fused-ring (bicyclic) bond motifs is 3. The number of hydrogen-bond acceptors (Lipinski definition) is 6. The second-order valence-electron chi connectivity index (χ2n) is 9.67. The fourth-order valence-corrected chi connectivity index (χ4v) is 6.70. The second-order valence-corrected chi connectivity index (χ2v) is 11.6. The SMILES string of the molecule is O=c1/c(=C\c2ccc(-c3cccc([N+](=O)[O-])c3)o2)sc2n1[C@@H](c1ccc(Br)cc1)C1=C(N=2)c2ccccc2CC1. The van der Waals surface area contributed by atoms with Gasteiger partial charge in [-0.25, -0.2) is 4.99 Å². The highest BCUT2D eigenvalue weighted by Crippen LogP contribution is 2.41. The third kappa shape index (κ3) is 4.18. The van der Waals surface area contributed by atoms with E-state index in [1.807, 2.05) is 18.2 Å². The lowest BCUT2D eigenvalue weighted by Crippen LogP contribution is -2.38. The number of rotatable bonds is 4. The van der Waals surface area contributed by atoms with Crippen molar-refractivity contribution in [3.63, 3.8) is 0 Å². The van der Waals surface area contributed by atoms with E-state index in [4.69, 9.17) is 9.41 Å². The van der Waals surface area contributed by atoms with E-state index in [1.54, 1.807) is 34.9 Å². The molecule has 0 saturated carbocycles. The lowest BCUT2D eigenvalue weighted by molar-refractivity contribution is -0.384. The summed E-state index contributed by atoms with van der Waals surface area (Å²) in [5, 5.41) is 11.2. The van der Waals surface area contributed by atoms with Gasteiger partial charge in [-0.1, -0.05) is 75.8 Å². The Hall–Kier alpha value is -4.34. The molecule has 7 nitrogen and oxygen atoms in total.